The van der Waals surface area contributed by atoms with Gasteiger partial charge < -0.3 is 19.6 Å². The van der Waals surface area contributed by atoms with Crippen molar-refractivity contribution in [1.82, 2.24) is 14.7 Å². The number of rotatable bonds is 6. The largest absolute Gasteiger partial charge is 0.394 e. The van der Waals surface area contributed by atoms with Crippen LogP contribution in [-0.4, -0.2) is 46.8 Å². The molecule has 0 saturated carbocycles. The van der Waals surface area contributed by atoms with Crippen LogP contribution >= 0.6 is 0 Å². The molecule has 2 aromatic rings. The molecule has 0 saturated heterocycles. The van der Waals surface area contributed by atoms with Crippen LogP contribution in [0.5, 0.6) is 0 Å². The van der Waals surface area contributed by atoms with Crippen LogP contribution in [-0.2, 0) is 4.74 Å². The number of amides is 1. The fraction of sp³-hybridized carbons (Fsp3) is 0.333. The van der Waals surface area contributed by atoms with E-state index in [1.807, 2.05) is 4.40 Å². The van der Waals surface area contributed by atoms with Gasteiger partial charge in [-0.1, -0.05) is 0 Å². The van der Waals surface area contributed by atoms with Crippen LogP contribution in [0.1, 0.15) is 10.4 Å². The number of aliphatic hydroxyl groups is 1. The molecule has 2 rings (SSSR count). The summed E-state index contributed by atoms with van der Waals surface area (Å²) in [5.74, 6) is -0.147. The smallest absolute Gasteiger partial charge is 0.251 e. The van der Waals surface area contributed by atoms with E-state index < -0.39 is 0 Å². The SMILES string of the molecule is O=C(NCCOCCO)c1ccn2cncc2c1. The van der Waals surface area contributed by atoms with E-state index in [0.717, 1.165) is 5.52 Å². The van der Waals surface area contributed by atoms with Gasteiger partial charge in [-0.2, -0.15) is 0 Å². The second-order valence-electron chi connectivity index (χ2n) is 3.73. The van der Waals surface area contributed by atoms with Gasteiger partial charge in [0.2, 0.25) is 0 Å². The predicted molar refractivity (Wildman–Crippen MR) is 65.4 cm³/mol. The number of nitrogens with one attached hydrogen (secondary N) is 1. The number of hydrogen-bond acceptors (Lipinski definition) is 4. The molecule has 0 spiro atoms. The number of ether oxygens (including phenoxy) is 1. The quantitative estimate of drug-likeness (QED) is 0.710. The van der Waals surface area contributed by atoms with Crippen molar-refractivity contribution in [3.05, 3.63) is 36.4 Å². The highest BCUT2D eigenvalue weighted by Crippen LogP contribution is 2.06. The van der Waals surface area contributed by atoms with Crippen LogP contribution in [0, 0.1) is 0 Å². The van der Waals surface area contributed by atoms with Crippen molar-refractivity contribution >= 4 is 11.4 Å². The first-order chi connectivity index (χ1) is 8.81. The number of imidazole rings is 1. The van der Waals surface area contributed by atoms with Crippen LogP contribution < -0.4 is 5.32 Å². The Labute approximate surface area is 104 Å². The lowest BCUT2D eigenvalue weighted by Gasteiger charge is -2.06. The van der Waals surface area contributed by atoms with Crippen LogP contribution in [0.15, 0.2) is 30.9 Å². The maximum atomic E-state index is 11.8. The number of carbonyl (C=O) groups is 1. The van der Waals surface area contributed by atoms with Gasteiger partial charge in [-0.05, 0) is 12.1 Å². The summed E-state index contributed by atoms with van der Waals surface area (Å²) in [6, 6.07) is 3.51. The summed E-state index contributed by atoms with van der Waals surface area (Å²) in [6.07, 6.45) is 5.17. The molecule has 6 nitrogen and oxygen atoms in total. The van der Waals surface area contributed by atoms with E-state index in [-0.39, 0.29) is 19.1 Å². The third-order valence-corrected chi connectivity index (χ3v) is 2.44. The highest BCUT2D eigenvalue weighted by atomic mass is 16.5. The standard InChI is InChI=1S/C12H15N3O3/c16-4-6-18-5-2-14-12(17)10-1-3-15-9-13-8-11(15)7-10/h1,3,7-9,16H,2,4-6H2,(H,14,17). The number of aromatic nitrogens is 2. The number of nitrogens with zero attached hydrogens (tertiary/aromatic N) is 2. The van der Waals surface area contributed by atoms with Gasteiger partial charge in [0.05, 0.1) is 37.9 Å². The second kappa shape index (κ2) is 6.13. The zero-order valence-electron chi connectivity index (χ0n) is 9.87. The lowest BCUT2D eigenvalue weighted by atomic mass is 10.2. The van der Waals surface area contributed by atoms with E-state index in [1.165, 1.54) is 0 Å². The Morgan fingerprint density at radius 1 is 1.50 bits per heavy atom. The molecule has 0 fully saturated rings. The zero-order chi connectivity index (χ0) is 12.8. The van der Waals surface area contributed by atoms with Gasteiger partial charge >= 0.3 is 0 Å². The van der Waals surface area contributed by atoms with Crippen LogP contribution in [0.3, 0.4) is 0 Å². The predicted octanol–water partition coefficient (Wildman–Crippen LogP) is 0.0730. The zero-order valence-corrected chi connectivity index (χ0v) is 9.87. The van der Waals surface area contributed by atoms with Crippen molar-refractivity contribution < 1.29 is 14.6 Å². The first-order valence-electron chi connectivity index (χ1n) is 5.70. The van der Waals surface area contributed by atoms with E-state index in [0.29, 0.717) is 18.7 Å². The molecular weight excluding hydrogens is 234 g/mol. The van der Waals surface area contributed by atoms with E-state index in [9.17, 15) is 4.79 Å². The summed E-state index contributed by atoms with van der Waals surface area (Å²) in [5, 5.41) is 11.3. The van der Waals surface area contributed by atoms with Crippen LogP contribution in [0.4, 0.5) is 0 Å². The van der Waals surface area contributed by atoms with Gasteiger partial charge in [0.15, 0.2) is 0 Å². The van der Waals surface area contributed by atoms with Crippen molar-refractivity contribution in [2.24, 2.45) is 0 Å². The van der Waals surface area contributed by atoms with Crippen LogP contribution in [0.2, 0.25) is 0 Å². The fourth-order valence-electron chi connectivity index (χ4n) is 1.57. The molecule has 2 N–H and O–H groups in total. The van der Waals surface area contributed by atoms with E-state index in [2.05, 4.69) is 10.3 Å². The van der Waals surface area contributed by atoms with Crippen molar-refractivity contribution in [2.45, 2.75) is 0 Å². The second-order valence-corrected chi connectivity index (χ2v) is 3.73. The topological polar surface area (TPSA) is 75.9 Å². The van der Waals surface area contributed by atoms with E-state index in [1.54, 1.807) is 30.9 Å². The molecule has 2 heterocycles. The van der Waals surface area contributed by atoms with E-state index in [4.69, 9.17) is 9.84 Å². The van der Waals surface area contributed by atoms with Gasteiger partial charge in [-0.25, -0.2) is 4.98 Å². The number of carbonyl (C=O) groups excluding carboxylic acids is 1. The van der Waals surface area contributed by atoms with Crippen LogP contribution in [0.25, 0.3) is 5.52 Å². The molecule has 0 unspecified atom stereocenters. The van der Waals surface area contributed by atoms with Gasteiger partial charge in [-0.3, -0.25) is 4.79 Å². The molecule has 96 valence electrons. The minimum atomic E-state index is -0.147. The molecule has 1 amide bonds. The molecule has 0 aliphatic heterocycles. The maximum absolute atomic E-state index is 11.8. The summed E-state index contributed by atoms with van der Waals surface area (Å²) in [7, 11) is 0. The van der Waals surface area contributed by atoms with Gasteiger partial charge in [0.1, 0.15) is 0 Å². The van der Waals surface area contributed by atoms with Crippen molar-refractivity contribution in [2.75, 3.05) is 26.4 Å². The molecule has 18 heavy (non-hydrogen) atoms. The highest BCUT2D eigenvalue weighted by molar-refractivity contribution is 5.95. The number of fused-ring (bicyclic) bond motifs is 1. The Morgan fingerprint density at radius 2 is 2.39 bits per heavy atom. The van der Waals surface area contributed by atoms with Crippen molar-refractivity contribution in [3.63, 3.8) is 0 Å². The monoisotopic (exact) mass is 249 g/mol. The highest BCUT2D eigenvalue weighted by Gasteiger charge is 2.05. The Hall–Kier alpha value is -1.92. The average Bonchev–Trinajstić information content (AvgIpc) is 2.85. The molecule has 0 bridgehead atoms. The molecule has 0 radical (unpaired) electrons. The molecule has 0 aliphatic carbocycles. The minimum Gasteiger partial charge on any atom is -0.394 e. The van der Waals surface area contributed by atoms with E-state index >= 15 is 0 Å². The summed E-state index contributed by atoms with van der Waals surface area (Å²) in [4.78, 5) is 15.8. The van der Waals surface area contributed by atoms with Crippen molar-refractivity contribution in [1.29, 1.82) is 0 Å². The lowest BCUT2D eigenvalue weighted by molar-refractivity contribution is 0.0838. The Kier molecular flexibility index (Phi) is 4.27. The minimum absolute atomic E-state index is 0.00811. The summed E-state index contributed by atoms with van der Waals surface area (Å²) in [6.45, 7) is 1.09. The van der Waals surface area contributed by atoms with Gasteiger partial charge in [-0.15, -0.1) is 0 Å². The lowest BCUT2D eigenvalue weighted by Crippen LogP contribution is -2.27. The molecule has 0 atom stereocenters. The molecular formula is C12H15N3O3. The number of hydrogen-bond donors (Lipinski definition) is 2. The third kappa shape index (κ3) is 3.06. The Morgan fingerprint density at radius 3 is 3.22 bits per heavy atom. The average molecular weight is 249 g/mol. The third-order valence-electron chi connectivity index (χ3n) is 2.44. The normalized spacial score (nSPS) is 10.7. The summed E-state index contributed by atoms with van der Waals surface area (Å²) < 4.78 is 6.88. The summed E-state index contributed by atoms with van der Waals surface area (Å²) >= 11 is 0. The molecule has 0 aliphatic rings. The molecule has 2 aromatic heterocycles. The molecule has 6 heteroatoms. The number of pyridine rings is 1. The maximum Gasteiger partial charge on any atom is 0.251 e. The first kappa shape index (κ1) is 12.5. The van der Waals surface area contributed by atoms with Gasteiger partial charge in [0.25, 0.3) is 5.91 Å². The summed E-state index contributed by atoms with van der Waals surface area (Å²) in [5.41, 5.74) is 1.46. The van der Waals surface area contributed by atoms with Gasteiger partial charge in [0, 0.05) is 18.3 Å². The van der Waals surface area contributed by atoms with Crippen molar-refractivity contribution in [3.8, 4) is 0 Å². The Bertz CT molecular complexity index is 524. The number of aliphatic hydroxyl groups excluding tert-OH is 1. The first-order valence-corrected chi connectivity index (χ1v) is 5.70. The molecule has 0 aromatic carbocycles. The Balaban J connectivity index is 1.88. The fourth-order valence-corrected chi connectivity index (χ4v) is 1.57.